The van der Waals surface area contributed by atoms with E-state index in [1.807, 2.05) is 6.33 Å². The highest BCUT2D eigenvalue weighted by molar-refractivity contribution is 5.70. The van der Waals surface area contributed by atoms with E-state index >= 15 is 0 Å². The standard InChI is InChI=1S/C24H38N4/c1-3-4-5-6-7-8-9-10-11-15-18-27-21(2)28(24-23(27)25-20-26-24)19-22-16-13-12-14-17-22/h12-14,16-17,20-21H,3-11,15,18-19H2,1-2H3,(H,25,26). The number of nitrogens with zero attached hydrogens (tertiary/aromatic N) is 3. The molecule has 1 aromatic carbocycles. The lowest BCUT2D eigenvalue weighted by atomic mass is 10.1. The molecule has 4 nitrogen and oxygen atoms in total. The van der Waals surface area contributed by atoms with Gasteiger partial charge in [0.15, 0.2) is 11.6 Å². The third-order valence-corrected chi connectivity index (χ3v) is 6.01. The first-order valence-electron chi connectivity index (χ1n) is 11.4. The van der Waals surface area contributed by atoms with Crippen molar-refractivity contribution in [3.63, 3.8) is 0 Å². The maximum atomic E-state index is 4.61. The van der Waals surface area contributed by atoms with Crippen molar-refractivity contribution in [2.24, 2.45) is 0 Å². The van der Waals surface area contributed by atoms with Crippen molar-refractivity contribution < 1.29 is 0 Å². The number of fused-ring (bicyclic) bond motifs is 1. The predicted octanol–water partition coefficient (Wildman–Crippen LogP) is 6.50. The molecule has 0 fully saturated rings. The second kappa shape index (κ2) is 11.1. The Balaban J connectivity index is 1.39. The van der Waals surface area contributed by atoms with Crippen LogP contribution in [0.5, 0.6) is 0 Å². The van der Waals surface area contributed by atoms with Crippen LogP contribution in [0, 0.1) is 0 Å². The fraction of sp³-hybridized carbons (Fsp3) is 0.625. The second-order valence-electron chi connectivity index (χ2n) is 8.20. The first kappa shape index (κ1) is 20.8. The SMILES string of the molecule is CCCCCCCCCCCCN1c2nc[nH]c2N(Cc2ccccc2)C1C. The fourth-order valence-corrected chi connectivity index (χ4v) is 4.29. The number of rotatable bonds is 13. The lowest BCUT2D eigenvalue weighted by Gasteiger charge is -2.29. The molecule has 1 N–H and O–H groups in total. The van der Waals surface area contributed by atoms with Gasteiger partial charge in [0.05, 0.1) is 6.33 Å². The molecule has 2 heterocycles. The van der Waals surface area contributed by atoms with Crippen LogP contribution in [0.2, 0.25) is 0 Å². The average molecular weight is 383 g/mol. The van der Waals surface area contributed by atoms with Gasteiger partial charge < -0.3 is 14.8 Å². The zero-order valence-electron chi connectivity index (χ0n) is 17.9. The minimum atomic E-state index is 0.355. The van der Waals surface area contributed by atoms with Crippen LogP contribution in [0.3, 0.4) is 0 Å². The molecule has 1 aliphatic rings. The molecule has 0 spiro atoms. The van der Waals surface area contributed by atoms with E-state index in [0.717, 1.165) is 18.9 Å². The van der Waals surface area contributed by atoms with E-state index < -0.39 is 0 Å². The molecule has 0 aliphatic carbocycles. The molecule has 4 heteroatoms. The van der Waals surface area contributed by atoms with E-state index in [4.69, 9.17) is 0 Å². The summed E-state index contributed by atoms with van der Waals surface area (Å²) in [7, 11) is 0. The molecule has 2 aromatic rings. The van der Waals surface area contributed by atoms with E-state index in [-0.39, 0.29) is 0 Å². The summed E-state index contributed by atoms with van der Waals surface area (Å²) in [4.78, 5) is 12.9. The van der Waals surface area contributed by atoms with Crippen LogP contribution in [0.1, 0.15) is 83.6 Å². The topological polar surface area (TPSA) is 35.2 Å². The highest BCUT2D eigenvalue weighted by atomic mass is 15.5. The minimum absolute atomic E-state index is 0.355. The molecule has 0 bridgehead atoms. The second-order valence-corrected chi connectivity index (χ2v) is 8.20. The molecule has 1 unspecified atom stereocenters. The number of benzene rings is 1. The van der Waals surface area contributed by atoms with E-state index in [1.165, 1.54) is 75.6 Å². The lowest BCUT2D eigenvalue weighted by Crippen LogP contribution is -2.41. The molecular formula is C24H38N4. The summed E-state index contributed by atoms with van der Waals surface area (Å²) in [5, 5.41) is 0. The number of anilines is 2. The molecule has 28 heavy (non-hydrogen) atoms. The number of H-pyrrole nitrogens is 1. The summed E-state index contributed by atoms with van der Waals surface area (Å²) in [5.74, 6) is 2.29. The summed E-state index contributed by atoms with van der Waals surface area (Å²) in [6.45, 7) is 6.61. The summed E-state index contributed by atoms with van der Waals surface area (Å²) < 4.78 is 0. The van der Waals surface area contributed by atoms with Crippen LogP contribution in [0.25, 0.3) is 0 Å². The number of nitrogens with one attached hydrogen (secondary N) is 1. The number of unbranched alkanes of at least 4 members (excludes halogenated alkanes) is 9. The quantitative estimate of drug-likeness (QED) is 0.401. The van der Waals surface area contributed by atoms with E-state index in [0.29, 0.717) is 6.17 Å². The van der Waals surface area contributed by atoms with E-state index in [9.17, 15) is 0 Å². The molecular weight excluding hydrogens is 344 g/mol. The largest absolute Gasteiger partial charge is 0.333 e. The van der Waals surface area contributed by atoms with Crippen LogP contribution >= 0.6 is 0 Å². The van der Waals surface area contributed by atoms with Crippen molar-refractivity contribution in [1.29, 1.82) is 0 Å². The van der Waals surface area contributed by atoms with Crippen molar-refractivity contribution >= 4 is 11.6 Å². The van der Waals surface area contributed by atoms with Crippen molar-refractivity contribution in [3.8, 4) is 0 Å². The normalized spacial score (nSPS) is 16.0. The van der Waals surface area contributed by atoms with Gasteiger partial charge in [-0.25, -0.2) is 4.98 Å². The van der Waals surface area contributed by atoms with Gasteiger partial charge in [0, 0.05) is 13.1 Å². The molecule has 0 saturated carbocycles. The Morgan fingerprint density at radius 2 is 1.50 bits per heavy atom. The van der Waals surface area contributed by atoms with Gasteiger partial charge in [-0.05, 0) is 18.9 Å². The van der Waals surface area contributed by atoms with Gasteiger partial charge in [-0.3, -0.25) is 0 Å². The minimum Gasteiger partial charge on any atom is -0.333 e. The number of hydrogen-bond donors (Lipinski definition) is 1. The first-order valence-corrected chi connectivity index (χ1v) is 11.4. The summed E-state index contributed by atoms with van der Waals surface area (Å²) in [5.41, 5.74) is 1.34. The smallest absolute Gasteiger partial charge is 0.173 e. The van der Waals surface area contributed by atoms with E-state index in [1.54, 1.807) is 0 Å². The Bertz CT molecular complexity index is 666. The van der Waals surface area contributed by atoms with Crippen LogP contribution in [-0.2, 0) is 6.54 Å². The van der Waals surface area contributed by atoms with Crippen molar-refractivity contribution in [2.75, 3.05) is 16.3 Å². The highest BCUT2D eigenvalue weighted by Gasteiger charge is 2.34. The molecule has 1 atom stereocenters. The van der Waals surface area contributed by atoms with Gasteiger partial charge in [-0.15, -0.1) is 0 Å². The molecule has 0 radical (unpaired) electrons. The third-order valence-electron chi connectivity index (χ3n) is 6.01. The van der Waals surface area contributed by atoms with Crippen LogP contribution < -0.4 is 9.80 Å². The number of imidazole rings is 1. The lowest BCUT2D eigenvalue weighted by molar-refractivity contribution is 0.542. The summed E-state index contributed by atoms with van der Waals surface area (Å²) in [6.07, 6.45) is 16.0. The molecule has 1 aromatic heterocycles. The zero-order chi connectivity index (χ0) is 19.6. The van der Waals surface area contributed by atoms with Gasteiger partial charge in [0.1, 0.15) is 6.17 Å². The molecule has 3 rings (SSSR count). The van der Waals surface area contributed by atoms with Gasteiger partial charge in [0.2, 0.25) is 0 Å². The molecule has 154 valence electrons. The molecule has 1 aliphatic heterocycles. The maximum absolute atomic E-state index is 4.61. The Morgan fingerprint density at radius 1 is 0.857 bits per heavy atom. The Labute approximate surface area is 171 Å². The maximum Gasteiger partial charge on any atom is 0.173 e. The average Bonchev–Trinajstić information content (AvgIpc) is 3.28. The van der Waals surface area contributed by atoms with Crippen molar-refractivity contribution in [3.05, 3.63) is 42.2 Å². The number of hydrogen-bond acceptors (Lipinski definition) is 3. The third kappa shape index (κ3) is 5.52. The first-order chi connectivity index (χ1) is 13.8. The Hall–Kier alpha value is -1.97. The number of aromatic amines is 1. The monoisotopic (exact) mass is 382 g/mol. The summed E-state index contributed by atoms with van der Waals surface area (Å²) in [6, 6.07) is 10.7. The van der Waals surface area contributed by atoms with Gasteiger partial charge >= 0.3 is 0 Å². The van der Waals surface area contributed by atoms with Crippen molar-refractivity contribution in [1.82, 2.24) is 9.97 Å². The Morgan fingerprint density at radius 3 is 2.18 bits per heavy atom. The van der Waals surface area contributed by atoms with Crippen LogP contribution in [0.15, 0.2) is 36.7 Å². The van der Waals surface area contributed by atoms with Crippen molar-refractivity contribution in [2.45, 2.75) is 90.8 Å². The Kier molecular flexibility index (Phi) is 8.25. The van der Waals surface area contributed by atoms with Gasteiger partial charge in [0.25, 0.3) is 0 Å². The zero-order valence-corrected chi connectivity index (χ0v) is 17.9. The van der Waals surface area contributed by atoms with Gasteiger partial charge in [-0.2, -0.15) is 0 Å². The van der Waals surface area contributed by atoms with Crippen LogP contribution in [0.4, 0.5) is 11.6 Å². The highest BCUT2D eigenvalue weighted by Crippen LogP contribution is 2.37. The van der Waals surface area contributed by atoms with E-state index in [2.05, 4.69) is 63.9 Å². The fourth-order valence-electron chi connectivity index (χ4n) is 4.29. The molecule has 0 saturated heterocycles. The van der Waals surface area contributed by atoms with Crippen LogP contribution in [-0.4, -0.2) is 22.7 Å². The number of aromatic nitrogens is 2. The predicted molar refractivity (Wildman–Crippen MR) is 120 cm³/mol. The molecule has 0 amide bonds. The van der Waals surface area contributed by atoms with Gasteiger partial charge in [-0.1, -0.05) is 95.0 Å². The summed E-state index contributed by atoms with van der Waals surface area (Å²) >= 11 is 0.